The predicted octanol–water partition coefficient (Wildman–Crippen LogP) is 15.2. The van der Waals surface area contributed by atoms with Gasteiger partial charge in [-0.2, -0.15) is 0 Å². The zero-order chi connectivity index (χ0) is 104. The monoisotopic (exact) mass is 1980 g/mol. The summed E-state index contributed by atoms with van der Waals surface area (Å²) in [5.74, 6) is -18.5. The number of piperidine rings is 2. The number of aliphatic hydroxyl groups excluding tert-OH is 2. The number of hydrogen-bond donors (Lipinski definition) is 4. The summed E-state index contributed by atoms with van der Waals surface area (Å²) in [6.07, 6.45) is 22.9. The summed E-state index contributed by atoms with van der Waals surface area (Å²) in [7, 11) is 8.97. The molecule has 8 aliphatic rings. The van der Waals surface area contributed by atoms with E-state index in [-0.39, 0.29) is 123 Å². The molecule has 4 bridgehead atoms. The van der Waals surface area contributed by atoms with Crippen molar-refractivity contribution in [3.05, 3.63) is 95.2 Å². The van der Waals surface area contributed by atoms with Crippen molar-refractivity contribution in [1.82, 2.24) is 9.80 Å². The summed E-state index contributed by atoms with van der Waals surface area (Å²) in [6.45, 7) is 25.1. The van der Waals surface area contributed by atoms with Crippen LogP contribution in [0, 0.1) is 71.0 Å². The molecule has 2 saturated carbocycles. The third-order valence-electron chi connectivity index (χ3n) is 31.2. The third kappa shape index (κ3) is 33.7. The molecule has 4 saturated heterocycles. The molecular weight excluding hydrogens is 1810 g/mol. The van der Waals surface area contributed by atoms with Crippen LogP contribution < -0.4 is 0 Å². The van der Waals surface area contributed by atoms with Crippen LogP contribution in [0.15, 0.2) is 95.2 Å². The van der Waals surface area contributed by atoms with Gasteiger partial charge in [-0.15, -0.1) is 0 Å². The number of unbranched alkanes of at least 4 members (excludes halogenated alkanes) is 4. The molecule has 6 heterocycles. The fourth-order valence-corrected chi connectivity index (χ4v) is 22.0. The van der Waals surface area contributed by atoms with Crippen LogP contribution in [0.2, 0.25) is 0 Å². The molecule has 4 N–H and O–H groups in total. The lowest BCUT2D eigenvalue weighted by atomic mass is 9.78. The number of rotatable bonds is 22. The quantitative estimate of drug-likeness (QED) is 0.0257. The van der Waals surface area contributed by atoms with Crippen LogP contribution in [-0.2, 0) is 114 Å². The Hall–Kier alpha value is -7.72. The number of cyclic esters (lactones) is 2. The van der Waals surface area contributed by atoms with Crippen molar-refractivity contribution in [3.63, 3.8) is 0 Å². The van der Waals surface area contributed by atoms with E-state index in [1.54, 1.807) is 96.0 Å². The van der Waals surface area contributed by atoms with E-state index < -0.39 is 192 Å². The molecule has 8 rings (SSSR count). The second-order valence-corrected chi connectivity index (χ2v) is 42.4. The van der Waals surface area contributed by atoms with Gasteiger partial charge in [-0.3, -0.25) is 47.9 Å². The first-order valence-electron chi connectivity index (χ1n) is 52.3. The molecule has 30 atom stereocenters. The average molecular weight is 1980 g/mol. The molecule has 6 aliphatic heterocycles. The van der Waals surface area contributed by atoms with Crippen LogP contribution in [0.1, 0.15) is 296 Å². The first kappa shape index (κ1) is 119. The highest BCUT2D eigenvalue weighted by molar-refractivity contribution is 6.39. The molecule has 2 aliphatic carbocycles. The number of methoxy groups -OCH3 is 6. The van der Waals surface area contributed by atoms with Crippen LogP contribution in [0.4, 0.5) is 0 Å². The minimum absolute atomic E-state index is 0.0211. The van der Waals surface area contributed by atoms with Crippen LogP contribution >= 0.6 is 0 Å². The number of carbonyl (C=O) groups is 12. The van der Waals surface area contributed by atoms with Gasteiger partial charge in [-0.05, 0) is 227 Å². The molecule has 30 heteroatoms. The molecule has 1 unspecified atom stereocenters. The minimum atomic E-state index is -2.51. The van der Waals surface area contributed by atoms with Gasteiger partial charge in [-0.1, -0.05) is 161 Å². The molecular formula is C111H170N2O28. The van der Waals surface area contributed by atoms with Crippen molar-refractivity contribution in [2.24, 2.45) is 71.0 Å². The van der Waals surface area contributed by atoms with Gasteiger partial charge in [0, 0.05) is 130 Å². The number of amides is 2. The number of allylic oxidation sites excluding steroid dienone is 12. The van der Waals surface area contributed by atoms with E-state index in [0.29, 0.717) is 152 Å². The van der Waals surface area contributed by atoms with Crippen LogP contribution in [-0.4, -0.2) is 265 Å². The third-order valence-corrected chi connectivity index (χ3v) is 31.2. The number of nitrogens with zero attached hydrogens (tertiary/aromatic N) is 2. The van der Waals surface area contributed by atoms with E-state index in [2.05, 4.69) is 0 Å². The van der Waals surface area contributed by atoms with Gasteiger partial charge in [0.2, 0.25) is 11.6 Å². The molecule has 0 radical (unpaired) electrons. The summed E-state index contributed by atoms with van der Waals surface area (Å²) >= 11 is 0. The van der Waals surface area contributed by atoms with Crippen LogP contribution in [0.25, 0.3) is 0 Å². The van der Waals surface area contributed by atoms with E-state index >= 15 is 0 Å². The number of ketones is 6. The van der Waals surface area contributed by atoms with E-state index in [0.717, 1.165) is 17.6 Å². The Kier molecular flexibility index (Phi) is 48.3. The lowest BCUT2D eigenvalue weighted by Gasteiger charge is -2.42. The van der Waals surface area contributed by atoms with Crippen LogP contribution in [0.3, 0.4) is 0 Å². The largest absolute Gasteiger partial charge is 0.460 e. The van der Waals surface area contributed by atoms with Crippen molar-refractivity contribution < 1.29 is 135 Å². The van der Waals surface area contributed by atoms with E-state index in [9.17, 15) is 78.0 Å². The smallest absolute Gasteiger partial charge is 0.329 e. The standard InChI is InChI=1S/C111H170N2O28/c1-66-36-26-24-28-38-68(3)90(130-15)62-82-48-44-78(13)110(128,140-82)104(122)106(124)112-52-34-32-40-84(112)108(126)138-92(64-86(114)70(5)56-76(11)100(120)102(134-19)98(118)74(9)54-66)72(7)58-80-46-50-88(94(60-80)132-17)136-96(116)42-30-22-21-23-31-43-97(117)137-89-51-47-81(61-95(89)133-18)59-73(8)93-65-87(115)71(6)57-77(12)101(121)103(135-20)99(119)75(10)55-67(2)37-27-25-29-39-69(4)91(131-16)63-83-49-45-79(14)111(129,141-83)105(123)107(125)113-53-35-33-41-85(113)109(127)139-93/h24-29,36-39,56-57,66-67,70-75,78-85,88-95,100-103,120-121,128-129H,21-23,30-35,40-55,58-65H2,1-20H3/b28-24-,29-25+,36-26-,37-27-,68-38-,69-39+,76-56-,77-57+/t66-,67-,70?,71-,72-,73-,74-,75-,78-,79-,80+,81+,82+,83+,84+,85+,88-,89-,90+,91+,92+,93+,94-,95-,100-,101-,102+,103+,110-,111-/m1/s1. The van der Waals surface area contributed by atoms with Crippen LogP contribution in [0.5, 0.6) is 0 Å². The maximum absolute atomic E-state index is 14.9. The van der Waals surface area contributed by atoms with E-state index in [1.165, 1.54) is 24.0 Å². The summed E-state index contributed by atoms with van der Waals surface area (Å²) in [5.41, 5.74) is 2.36. The zero-order valence-corrected chi connectivity index (χ0v) is 87.9. The summed E-state index contributed by atoms with van der Waals surface area (Å²) in [5, 5.41) is 47.9. The van der Waals surface area contributed by atoms with Crippen molar-refractivity contribution >= 4 is 70.4 Å². The molecule has 2 amide bonds. The number of Topliss-reactive ketones (excluding diaryl/α,β-unsaturated/α-hetero) is 6. The number of esters is 4. The first-order chi connectivity index (χ1) is 66.9. The van der Waals surface area contributed by atoms with E-state index in [1.807, 2.05) is 102 Å². The zero-order valence-electron chi connectivity index (χ0n) is 87.9. The number of hydrogen-bond acceptors (Lipinski definition) is 28. The number of aliphatic hydroxyl groups is 4. The molecule has 0 aromatic heterocycles. The summed E-state index contributed by atoms with van der Waals surface area (Å²) in [4.78, 5) is 175. The Morgan fingerprint density at radius 3 is 1.15 bits per heavy atom. The van der Waals surface area contributed by atoms with Gasteiger partial charge in [0.15, 0.2) is 11.6 Å². The van der Waals surface area contributed by atoms with Crippen molar-refractivity contribution in [2.75, 3.05) is 55.7 Å². The average Bonchev–Trinajstić information content (AvgIpc) is 0.782. The van der Waals surface area contributed by atoms with Gasteiger partial charge < -0.3 is 87.1 Å². The normalized spacial score (nSPS) is 38.2. The minimum Gasteiger partial charge on any atom is -0.460 e. The molecule has 141 heavy (non-hydrogen) atoms. The second-order valence-electron chi connectivity index (χ2n) is 42.4. The molecule has 30 nitrogen and oxygen atoms in total. The highest BCUT2D eigenvalue weighted by Gasteiger charge is 2.56. The summed E-state index contributed by atoms with van der Waals surface area (Å²) < 4.78 is 72.8. The van der Waals surface area contributed by atoms with Crippen molar-refractivity contribution in [3.8, 4) is 0 Å². The Morgan fingerprint density at radius 2 is 0.794 bits per heavy atom. The van der Waals surface area contributed by atoms with Gasteiger partial charge in [-0.25, -0.2) is 9.59 Å². The Bertz CT molecular complexity index is 4140. The lowest BCUT2D eigenvalue weighted by molar-refractivity contribution is -0.265. The first-order valence-corrected chi connectivity index (χ1v) is 52.3. The fraction of sp³-hybridized carbons (Fsp3) is 0.748. The molecule has 6 fully saturated rings. The maximum Gasteiger partial charge on any atom is 0.329 e. The van der Waals surface area contributed by atoms with Gasteiger partial charge in [0.05, 0.1) is 36.6 Å². The lowest BCUT2D eigenvalue weighted by Crippen LogP contribution is -2.61. The Balaban J connectivity index is 0.855. The highest BCUT2D eigenvalue weighted by Crippen LogP contribution is 2.43. The van der Waals surface area contributed by atoms with Crippen molar-refractivity contribution in [2.45, 2.75) is 405 Å². The molecule has 0 aromatic carbocycles. The van der Waals surface area contributed by atoms with E-state index in [4.69, 9.17) is 56.8 Å². The topological polar surface area (TPSA) is 403 Å². The fourth-order valence-electron chi connectivity index (χ4n) is 22.0. The SMILES string of the molecule is CO[C@H]1C[C@@H]2CC[C@@H](C)[C@@](O)(O2)C(=O)C(=O)N2CCCC[C@H]2C(=O)O[C@H]([C@H](C)C[C@@H]2CC[C@@H](OC(=O)CCCCCCCC(=O)O[C@@H]3CC[C@@H](C[C@@H](C)[C@@H]4CC(=O)[C@H](C)/C=C(\C)[C@@H](O)[C@@H](OC)C(=O)[C@H](C)C[C@H](C)\C=C/C=C/C=C(\C)[C@@H](OC)C[C@@H]5CC[C@@H](C)[C@@](O)(O5)C(=O)C(=O)N5CCCC[C@H]5C(=O)O4)C[C@H]3OC)[C@H](OC)C2)CC(=O)C(C)/C=C(/C)[C@@H](O)[C@@H](OC)C(=O)[C@H](C)C[C@H](C)\C=C/C=C\C=C/1C. The Morgan fingerprint density at radius 1 is 0.426 bits per heavy atom. The predicted molar refractivity (Wildman–Crippen MR) is 530 cm³/mol. The number of ether oxygens (including phenoxy) is 12. The van der Waals surface area contributed by atoms with Crippen molar-refractivity contribution in [1.29, 1.82) is 0 Å². The second kappa shape index (κ2) is 57.4. The van der Waals surface area contributed by atoms with Gasteiger partial charge >= 0.3 is 23.9 Å². The number of carbonyl (C=O) groups excluding carboxylic acids is 12. The molecule has 0 spiro atoms. The van der Waals surface area contributed by atoms with Gasteiger partial charge in [0.25, 0.3) is 23.4 Å². The van der Waals surface area contributed by atoms with Gasteiger partial charge in [0.1, 0.15) is 72.5 Å². The molecule has 0 aromatic rings. The maximum atomic E-state index is 14.9. The Labute approximate surface area is 837 Å². The number of fused-ring (bicyclic) bond motifs is 6. The highest BCUT2D eigenvalue weighted by atomic mass is 16.7. The molecule has 792 valence electrons. The summed E-state index contributed by atoms with van der Waals surface area (Å²) in [6, 6.07) is -2.47.